The van der Waals surface area contributed by atoms with Crippen molar-refractivity contribution in [2.24, 2.45) is 0 Å². The minimum absolute atomic E-state index is 0.0748. The number of carbonyl (C=O) groups excluding carboxylic acids is 2. The molecule has 0 aromatic heterocycles. The molecule has 2 aromatic rings. The number of carboxylic acid groups (broad SMARTS) is 1. The first-order chi connectivity index (χ1) is 16.2. The van der Waals surface area contributed by atoms with Gasteiger partial charge < -0.3 is 20.1 Å². The quantitative estimate of drug-likeness (QED) is 0.525. The van der Waals surface area contributed by atoms with Crippen molar-refractivity contribution in [3.8, 4) is 11.1 Å². The highest BCUT2D eigenvalue weighted by Gasteiger charge is 2.41. The number of carbonyl (C=O) groups is 3. The van der Waals surface area contributed by atoms with E-state index in [1.165, 1.54) is 4.90 Å². The fourth-order valence-corrected chi connectivity index (χ4v) is 4.70. The Morgan fingerprint density at radius 2 is 1.53 bits per heavy atom. The van der Waals surface area contributed by atoms with E-state index in [9.17, 15) is 14.4 Å². The van der Waals surface area contributed by atoms with Crippen molar-refractivity contribution in [2.45, 2.75) is 64.5 Å². The normalized spacial score (nSPS) is 12.7. The first kappa shape index (κ1) is 25.3. The van der Waals surface area contributed by atoms with Gasteiger partial charge in [-0.25, -0.2) is 4.79 Å². The zero-order chi connectivity index (χ0) is 24.9. The molecule has 0 saturated heterocycles. The SMILES string of the molecule is CCC(CC)(NC(=O)OCC1c2ccccc2-c2ccccc21)C(=O)N(CCC(=O)O)C(C)C. The maximum absolute atomic E-state index is 13.5. The Morgan fingerprint density at radius 1 is 1.00 bits per heavy atom. The van der Waals surface area contributed by atoms with E-state index < -0.39 is 17.6 Å². The molecule has 0 bridgehead atoms. The van der Waals surface area contributed by atoms with Crippen LogP contribution in [0.4, 0.5) is 4.79 Å². The molecule has 1 aliphatic rings. The summed E-state index contributed by atoms with van der Waals surface area (Å²) in [5.74, 6) is -1.34. The molecule has 7 nitrogen and oxygen atoms in total. The van der Waals surface area contributed by atoms with E-state index in [0.29, 0.717) is 12.8 Å². The molecule has 0 saturated carbocycles. The van der Waals surface area contributed by atoms with Gasteiger partial charge in [0.25, 0.3) is 0 Å². The average Bonchev–Trinajstić information content (AvgIpc) is 3.14. The Labute approximate surface area is 201 Å². The molecule has 2 N–H and O–H groups in total. The number of carboxylic acids is 1. The number of hydrogen-bond acceptors (Lipinski definition) is 4. The molecule has 0 aliphatic heterocycles. The molecule has 2 aromatic carbocycles. The molecule has 7 heteroatoms. The molecular weight excluding hydrogens is 432 g/mol. The summed E-state index contributed by atoms with van der Waals surface area (Å²) >= 11 is 0. The Morgan fingerprint density at radius 3 is 2.00 bits per heavy atom. The van der Waals surface area contributed by atoms with E-state index in [-0.39, 0.29) is 37.4 Å². The van der Waals surface area contributed by atoms with Gasteiger partial charge in [0.15, 0.2) is 0 Å². The van der Waals surface area contributed by atoms with Crippen LogP contribution in [0.1, 0.15) is 64.0 Å². The minimum Gasteiger partial charge on any atom is -0.481 e. The van der Waals surface area contributed by atoms with Gasteiger partial charge in [-0.3, -0.25) is 9.59 Å². The van der Waals surface area contributed by atoms with E-state index in [1.54, 1.807) is 0 Å². The summed E-state index contributed by atoms with van der Waals surface area (Å²) in [6.07, 6.45) is -0.0786. The number of benzene rings is 2. The summed E-state index contributed by atoms with van der Waals surface area (Å²) in [6.45, 7) is 7.58. The lowest BCUT2D eigenvalue weighted by Gasteiger charge is -2.38. The first-order valence-corrected chi connectivity index (χ1v) is 11.9. The highest BCUT2D eigenvalue weighted by molar-refractivity contribution is 5.90. The van der Waals surface area contributed by atoms with Crippen molar-refractivity contribution in [1.82, 2.24) is 10.2 Å². The number of hydrogen-bond donors (Lipinski definition) is 2. The van der Waals surface area contributed by atoms with Crippen LogP contribution >= 0.6 is 0 Å². The first-order valence-electron chi connectivity index (χ1n) is 11.9. The van der Waals surface area contributed by atoms with Crippen LogP contribution in [0.2, 0.25) is 0 Å². The molecule has 0 atom stereocenters. The van der Waals surface area contributed by atoms with Gasteiger partial charge in [-0.15, -0.1) is 0 Å². The van der Waals surface area contributed by atoms with E-state index in [1.807, 2.05) is 52.0 Å². The summed E-state index contributed by atoms with van der Waals surface area (Å²) in [5.41, 5.74) is 3.36. The number of fused-ring (bicyclic) bond motifs is 3. The van der Waals surface area contributed by atoms with Crippen molar-refractivity contribution in [3.05, 3.63) is 59.7 Å². The molecule has 0 spiro atoms. The summed E-state index contributed by atoms with van der Waals surface area (Å²) in [5, 5.41) is 11.9. The van der Waals surface area contributed by atoms with E-state index in [0.717, 1.165) is 22.3 Å². The summed E-state index contributed by atoms with van der Waals surface area (Å²) in [7, 11) is 0. The highest BCUT2D eigenvalue weighted by atomic mass is 16.5. The van der Waals surface area contributed by atoms with E-state index in [2.05, 4.69) is 29.6 Å². The number of alkyl carbamates (subject to hydrolysis) is 1. The number of nitrogens with one attached hydrogen (secondary N) is 1. The van der Waals surface area contributed by atoms with Crippen LogP contribution < -0.4 is 5.32 Å². The molecule has 34 heavy (non-hydrogen) atoms. The maximum atomic E-state index is 13.5. The average molecular weight is 467 g/mol. The van der Waals surface area contributed by atoms with Gasteiger partial charge in [-0.2, -0.15) is 0 Å². The molecule has 0 fully saturated rings. The predicted octanol–water partition coefficient (Wildman–Crippen LogP) is 4.80. The van der Waals surface area contributed by atoms with Crippen molar-refractivity contribution in [2.75, 3.05) is 13.2 Å². The second-order valence-corrected chi connectivity index (χ2v) is 8.98. The van der Waals surface area contributed by atoms with Crippen LogP contribution in [0, 0.1) is 0 Å². The molecule has 2 amide bonds. The molecule has 3 rings (SSSR count). The number of amides is 2. The largest absolute Gasteiger partial charge is 0.481 e. The Bertz CT molecular complexity index is 999. The number of nitrogens with zero attached hydrogens (tertiary/aromatic N) is 1. The Balaban J connectivity index is 1.74. The predicted molar refractivity (Wildman–Crippen MR) is 131 cm³/mol. The highest BCUT2D eigenvalue weighted by Crippen LogP contribution is 2.44. The Hall–Kier alpha value is -3.35. The van der Waals surface area contributed by atoms with Gasteiger partial charge in [0.2, 0.25) is 5.91 Å². The van der Waals surface area contributed by atoms with Crippen LogP contribution in [-0.4, -0.2) is 52.7 Å². The van der Waals surface area contributed by atoms with Crippen LogP contribution in [-0.2, 0) is 14.3 Å². The van der Waals surface area contributed by atoms with Crippen LogP contribution in [0.5, 0.6) is 0 Å². The summed E-state index contributed by atoms with van der Waals surface area (Å²) < 4.78 is 5.67. The van der Waals surface area contributed by atoms with Gasteiger partial charge >= 0.3 is 12.1 Å². The lowest BCUT2D eigenvalue weighted by Crippen LogP contribution is -2.60. The number of aliphatic carboxylic acids is 1. The standard InChI is InChI=1S/C27H34N2O5/c1-5-27(6-2,25(32)29(18(3)4)16-15-24(30)31)28-26(33)34-17-23-21-13-9-7-11-19(21)20-12-8-10-14-22(20)23/h7-14,18,23H,5-6,15-17H2,1-4H3,(H,28,33)(H,30,31). The minimum atomic E-state index is -1.16. The topological polar surface area (TPSA) is 95.9 Å². The zero-order valence-corrected chi connectivity index (χ0v) is 20.3. The van der Waals surface area contributed by atoms with Crippen molar-refractivity contribution >= 4 is 18.0 Å². The van der Waals surface area contributed by atoms with Crippen molar-refractivity contribution in [1.29, 1.82) is 0 Å². The second kappa shape index (κ2) is 10.7. The van der Waals surface area contributed by atoms with Crippen molar-refractivity contribution in [3.63, 3.8) is 0 Å². The third-order valence-corrected chi connectivity index (χ3v) is 6.75. The van der Waals surface area contributed by atoms with E-state index >= 15 is 0 Å². The molecule has 0 radical (unpaired) electrons. The maximum Gasteiger partial charge on any atom is 0.408 e. The van der Waals surface area contributed by atoms with Gasteiger partial charge in [-0.1, -0.05) is 62.4 Å². The fourth-order valence-electron chi connectivity index (χ4n) is 4.70. The monoisotopic (exact) mass is 466 g/mol. The molecule has 182 valence electrons. The van der Waals surface area contributed by atoms with Crippen molar-refractivity contribution < 1.29 is 24.2 Å². The van der Waals surface area contributed by atoms with Crippen LogP contribution in [0.15, 0.2) is 48.5 Å². The van der Waals surface area contributed by atoms with E-state index in [4.69, 9.17) is 9.84 Å². The van der Waals surface area contributed by atoms with Gasteiger partial charge in [0, 0.05) is 18.5 Å². The lowest BCUT2D eigenvalue weighted by molar-refractivity contribution is -0.142. The van der Waals surface area contributed by atoms with Crippen LogP contribution in [0.25, 0.3) is 11.1 Å². The molecule has 0 unspecified atom stereocenters. The third-order valence-electron chi connectivity index (χ3n) is 6.75. The summed E-state index contributed by atoms with van der Waals surface area (Å²) in [6, 6.07) is 16.0. The van der Waals surface area contributed by atoms with Crippen LogP contribution in [0.3, 0.4) is 0 Å². The van der Waals surface area contributed by atoms with Gasteiger partial charge in [0.05, 0.1) is 6.42 Å². The lowest BCUT2D eigenvalue weighted by atomic mass is 9.90. The molecular formula is C27H34N2O5. The number of rotatable bonds is 10. The van der Waals surface area contributed by atoms with Gasteiger partial charge in [0.1, 0.15) is 12.1 Å². The Kier molecular flexibility index (Phi) is 7.97. The third kappa shape index (κ3) is 5.08. The second-order valence-electron chi connectivity index (χ2n) is 8.98. The smallest absolute Gasteiger partial charge is 0.408 e. The summed E-state index contributed by atoms with van der Waals surface area (Å²) in [4.78, 5) is 39.0. The number of ether oxygens (including phenoxy) is 1. The molecule has 0 heterocycles. The fraction of sp³-hybridized carbons (Fsp3) is 0.444. The zero-order valence-electron chi connectivity index (χ0n) is 20.3. The van der Waals surface area contributed by atoms with Gasteiger partial charge in [-0.05, 0) is 48.9 Å². The molecule has 1 aliphatic carbocycles.